The van der Waals surface area contributed by atoms with Gasteiger partial charge in [0.05, 0.1) is 16.9 Å². The average molecular weight is 342 g/mol. The lowest BCUT2D eigenvalue weighted by Gasteiger charge is -2.17. The zero-order valence-corrected chi connectivity index (χ0v) is 13.7. The highest BCUT2D eigenvalue weighted by Crippen LogP contribution is 2.30. The van der Waals surface area contributed by atoms with Gasteiger partial charge in [-0.05, 0) is 26.3 Å². The summed E-state index contributed by atoms with van der Waals surface area (Å²) in [6, 6.07) is 5.19. The minimum Gasteiger partial charge on any atom is -0.463 e. The third-order valence-electron chi connectivity index (χ3n) is 3.52. The van der Waals surface area contributed by atoms with Crippen molar-refractivity contribution in [1.29, 1.82) is 0 Å². The summed E-state index contributed by atoms with van der Waals surface area (Å²) in [4.78, 5) is 21.8. The molecule has 0 saturated carbocycles. The van der Waals surface area contributed by atoms with Gasteiger partial charge in [0.1, 0.15) is 0 Å². The van der Waals surface area contributed by atoms with Crippen LogP contribution in [0.25, 0.3) is 0 Å². The quantitative estimate of drug-likeness (QED) is 0.456. The Bertz CT molecular complexity index is 716. The molecule has 0 aliphatic carbocycles. The highest BCUT2D eigenvalue weighted by molar-refractivity contribution is 7.89. The second-order valence-electron chi connectivity index (χ2n) is 5.56. The van der Waals surface area contributed by atoms with Crippen LogP contribution >= 0.6 is 0 Å². The van der Waals surface area contributed by atoms with Crippen LogP contribution in [0.5, 0.6) is 0 Å². The van der Waals surface area contributed by atoms with E-state index in [4.69, 9.17) is 4.74 Å². The maximum Gasteiger partial charge on any atom is 0.310 e. The zero-order chi connectivity index (χ0) is 17.2. The summed E-state index contributed by atoms with van der Waals surface area (Å²) < 4.78 is 31.4. The van der Waals surface area contributed by atoms with Gasteiger partial charge < -0.3 is 4.74 Å². The number of hydrogen-bond acceptors (Lipinski definition) is 6. The van der Waals surface area contributed by atoms with E-state index in [1.807, 2.05) is 0 Å². The highest BCUT2D eigenvalue weighted by Gasteiger charge is 2.39. The number of esters is 1. The van der Waals surface area contributed by atoms with Crippen molar-refractivity contribution in [2.75, 3.05) is 13.1 Å². The van der Waals surface area contributed by atoms with Gasteiger partial charge in [-0.3, -0.25) is 14.9 Å². The Labute approximate surface area is 134 Å². The topological polar surface area (TPSA) is 107 Å². The number of para-hydroxylation sites is 1. The van der Waals surface area contributed by atoms with E-state index in [0.29, 0.717) is 6.42 Å². The van der Waals surface area contributed by atoms with Crippen LogP contribution in [0, 0.1) is 16.0 Å². The van der Waals surface area contributed by atoms with Crippen molar-refractivity contribution in [3.05, 3.63) is 34.4 Å². The number of nitro benzene ring substituents is 1. The maximum atomic E-state index is 12.6. The van der Waals surface area contributed by atoms with Crippen LogP contribution in [-0.4, -0.2) is 42.8 Å². The Morgan fingerprint density at radius 2 is 2.04 bits per heavy atom. The number of carbonyl (C=O) groups excluding carboxylic acids is 1. The first kappa shape index (κ1) is 17.4. The Morgan fingerprint density at radius 1 is 1.39 bits per heavy atom. The summed E-state index contributed by atoms with van der Waals surface area (Å²) in [5, 5.41) is 11.0. The molecule has 126 valence electrons. The molecule has 1 aliphatic heterocycles. The predicted molar refractivity (Wildman–Crippen MR) is 81.2 cm³/mol. The molecule has 1 heterocycles. The van der Waals surface area contributed by atoms with Crippen LogP contribution in [0.3, 0.4) is 0 Å². The third kappa shape index (κ3) is 3.67. The number of carbonyl (C=O) groups is 1. The van der Waals surface area contributed by atoms with E-state index in [1.165, 1.54) is 18.2 Å². The molecule has 1 atom stereocenters. The van der Waals surface area contributed by atoms with E-state index >= 15 is 0 Å². The fourth-order valence-corrected chi connectivity index (χ4v) is 4.09. The highest BCUT2D eigenvalue weighted by atomic mass is 32.2. The Balaban J connectivity index is 2.23. The van der Waals surface area contributed by atoms with E-state index in [0.717, 1.165) is 10.4 Å². The molecule has 1 fully saturated rings. The molecule has 1 unspecified atom stereocenters. The number of ether oxygens (including phenoxy) is 1. The molecule has 0 amide bonds. The molecule has 1 aromatic carbocycles. The number of nitrogens with zero attached hydrogens (tertiary/aromatic N) is 2. The minimum atomic E-state index is -4.03. The summed E-state index contributed by atoms with van der Waals surface area (Å²) in [7, 11) is -4.03. The van der Waals surface area contributed by atoms with Gasteiger partial charge in [0.25, 0.3) is 5.69 Å². The number of rotatable bonds is 5. The van der Waals surface area contributed by atoms with Crippen LogP contribution in [0.1, 0.15) is 20.3 Å². The lowest BCUT2D eigenvalue weighted by atomic mass is 10.1. The number of hydrogen-bond donors (Lipinski definition) is 0. The monoisotopic (exact) mass is 342 g/mol. The van der Waals surface area contributed by atoms with Gasteiger partial charge in [-0.25, -0.2) is 8.42 Å². The first-order valence-electron chi connectivity index (χ1n) is 7.17. The Morgan fingerprint density at radius 3 is 2.65 bits per heavy atom. The van der Waals surface area contributed by atoms with Gasteiger partial charge in [0.15, 0.2) is 4.90 Å². The lowest BCUT2D eigenvalue weighted by molar-refractivity contribution is -0.387. The minimum absolute atomic E-state index is 0.0278. The fraction of sp³-hybridized carbons (Fsp3) is 0.500. The Kier molecular flexibility index (Phi) is 5.00. The molecule has 9 heteroatoms. The normalized spacial score (nSPS) is 19.0. The molecular formula is C14H18N2O6S. The predicted octanol–water partition coefficient (Wildman–Crippen LogP) is 1.56. The van der Waals surface area contributed by atoms with E-state index < -0.39 is 32.5 Å². The van der Waals surface area contributed by atoms with Gasteiger partial charge in [0.2, 0.25) is 10.0 Å². The number of sulfonamides is 1. The number of benzene rings is 1. The fourth-order valence-electron chi connectivity index (χ4n) is 2.43. The molecular weight excluding hydrogens is 324 g/mol. The van der Waals surface area contributed by atoms with Crippen molar-refractivity contribution in [3.63, 3.8) is 0 Å². The standard InChI is InChI=1S/C14H18N2O6S/c1-10(2)22-14(17)11-7-8-15(9-11)23(20,21)13-6-4-3-5-12(13)16(18)19/h3-6,10-11H,7-9H2,1-2H3. The van der Waals surface area contributed by atoms with E-state index in [9.17, 15) is 23.3 Å². The van der Waals surface area contributed by atoms with Gasteiger partial charge in [-0.15, -0.1) is 0 Å². The van der Waals surface area contributed by atoms with Crippen LogP contribution in [0.2, 0.25) is 0 Å². The van der Waals surface area contributed by atoms with Crippen LogP contribution < -0.4 is 0 Å². The maximum absolute atomic E-state index is 12.6. The molecule has 0 aromatic heterocycles. The molecule has 0 spiro atoms. The van der Waals surface area contributed by atoms with Crippen molar-refractivity contribution >= 4 is 21.7 Å². The summed E-state index contributed by atoms with van der Waals surface area (Å²) in [6.07, 6.45) is 0.0640. The van der Waals surface area contributed by atoms with Crippen LogP contribution in [-0.2, 0) is 19.6 Å². The van der Waals surface area contributed by atoms with Crippen molar-refractivity contribution in [2.24, 2.45) is 5.92 Å². The van der Waals surface area contributed by atoms with Crippen LogP contribution in [0.4, 0.5) is 5.69 Å². The second-order valence-corrected chi connectivity index (χ2v) is 7.47. The summed E-state index contributed by atoms with van der Waals surface area (Å²) >= 11 is 0. The van der Waals surface area contributed by atoms with Crippen molar-refractivity contribution in [1.82, 2.24) is 4.31 Å². The van der Waals surface area contributed by atoms with Crippen molar-refractivity contribution in [2.45, 2.75) is 31.3 Å². The smallest absolute Gasteiger partial charge is 0.310 e. The Hall–Kier alpha value is -2.00. The lowest BCUT2D eigenvalue weighted by Crippen LogP contribution is -2.31. The van der Waals surface area contributed by atoms with E-state index in [1.54, 1.807) is 13.8 Å². The SMILES string of the molecule is CC(C)OC(=O)C1CCN(S(=O)(=O)c2ccccc2[N+](=O)[O-])C1. The van der Waals surface area contributed by atoms with Crippen LogP contribution in [0.15, 0.2) is 29.2 Å². The second kappa shape index (κ2) is 6.63. The van der Waals surface area contributed by atoms with E-state index in [2.05, 4.69) is 0 Å². The molecule has 8 nitrogen and oxygen atoms in total. The molecule has 1 saturated heterocycles. The largest absolute Gasteiger partial charge is 0.463 e. The average Bonchev–Trinajstić information content (AvgIpc) is 2.97. The molecule has 0 radical (unpaired) electrons. The molecule has 0 bridgehead atoms. The summed E-state index contributed by atoms with van der Waals surface area (Å²) in [5.41, 5.74) is -0.472. The van der Waals surface area contributed by atoms with Gasteiger partial charge in [0, 0.05) is 19.2 Å². The molecule has 1 aromatic rings. The summed E-state index contributed by atoms with van der Waals surface area (Å²) in [6.45, 7) is 3.54. The van der Waals surface area contributed by atoms with Gasteiger partial charge >= 0.3 is 5.97 Å². The van der Waals surface area contributed by atoms with E-state index in [-0.39, 0.29) is 24.1 Å². The molecule has 23 heavy (non-hydrogen) atoms. The van der Waals surface area contributed by atoms with Crippen molar-refractivity contribution in [3.8, 4) is 0 Å². The molecule has 2 rings (SSSR count). The summed E-state index contributed by atoms with van der Waals surface area (Å²) in [5.74, 6) is -0.991. The molecule has 0 N–H and O–H groups in total. The first-order valence-corrected chi connectivity index (χ1v) is 8.61. The van der Waals surface area contributed by atoms with Crippen molar-refractivity contribution < 1.29 is 22.9 Å². The third-order valence-corrected chi connectivity index (χ3v) is 5.43. The molecule has 1 aliphatic rings. The zero-order valence-electron chi connectivity index (χ0n) is 12.8. The van der Waals surface area contributed by atoms with Gasteiger partial charge in [-0.1, -0.05) is 12.1 Å². The van der Waals surface area contributed by atoms with Gasteiger partial charge in [-0.2, -0.15) is 4.31 Å². The number of nitro groups is 1. The first-order chi connectivity index (χ1) is 10.7.